The van der Waals surface area contributed by atoms with Crippen molar-refractivity contribution in [3.05, 3.63) is 102 Å². The van der Waals surface area contributed by atoms with Crippen LogP contribution >= 0.6 is 0 Å². The van der Waals surface area contributed by atoms with Gasteiger partial charge in [-0.25, -0.2) is 5.56 Å². The third-order valence-corrected chi connectivity index (χ3v) is 5.75. The molecule has 8 bridgehead atoms. The predicted octanol–water partition coefficient (Wildman–Crippen LogP) is 5.36. The van der Waals surface area contributed by atoms with Gasteiger partial charge in [-0.2, -0.15) is 29.8 Å². The van der Waals surface area contributed by atoms with E-state index in [1.165, 1.54) is 5.56 Å². The van der Waals surface area contributed by atoms with Crippen LogP contribution in [0.3, 0.4) is 0 Å². The van der Waals surface area contributed by atoms with Crippen LogP contribution in [0.1, 0.15) is 22.6 Å². The second-order valence-electron chi connectivity index (χ2n) is 8.28. The number of hydrogen-bond donors (Lipinski definition) is 0. The minimum atomic E-state index is 0. The zero-order chi connectivity index (χ0) is 21.2. The summed E-state index contributed by atoms with van der Waals surface area (Å²) in [5, 5.41) is 0. The van der Waals surface area contributed by atoms with Crippen molar-refractivity contribution < 1.29 is 21.1 Å². The molecule has 0 radical (unpaired) electrons. The van der Waals surface area contributed by atoms with Gasteiger partial charge in [0.15, 0.2) is 0 Å². The Morgan fingerprint density at radius 2 is 1.28 bits per heavy atom. The van der Waals surface area contributed by atoms with Crippen molar-refractivity contribution in [3.8, 4) is 22.4 Å². The number of anilines is 1. The number of aromatic nitrogens is 2. The van der Waals surface area contributed by atoms with Crippen LogP contribution in [0.4, 0.5) is 5.69 Å². The predicted molar refractivity (Wildman–Crippen MR) is 126 cm³/mol. The maximum atomic E-state index is 4.96. The van der Waals surface area contributed by atoms with Gasteiger partial charge in [0.05, 0.1) is 0 Å². The molecule has 162 valence electrons. The van der Waals surface area contributed by atoms with Crippen molar-refractivity contribution >= 4 is 5.69 Å². The largest absolute Gasteiger partial charge is 2.00 e. The van der Waals surface area contributed by atoms with Gasteiger partial charge >= 0.3 is 21.1 Å². The van der Waals surface area contributed by atoms with Crippen LogP contribution < -0.4 is 4.90 Å². The summed E-state index contributed by atoms with van der Waals surface area (Å²) >= 11 is 0. The molecule has 3 nitrogen and oxygen atoms in total. The molecule has 0 unspecified atom stereocenters. The molecule has 0 fully saturated rings. The second kappa shape index (κ2) is 9.79. The molecule has 2 aromatic heterocycles. The molecular weight excluding hydrogens is 573 g/mol. The molecule has 3 heterocycles. The molecule has 0 saturated carbocycles. The molecule has 4 heteroatoms. The van der Waals surface area contributed by atoms with E-state index in [4.69, 9.17) is 9.97 Å². The normalized spacial score (nSPS) is 12.6. The van der Waals surface area contributed by atoms with E-state index in [1.807, 2.05) is 0 Å². The molecule has 1 aliphatic heterocycles. The molecule has 0 N–H and O–H groups in total. The number of nitrogens with zero attached hydrogens (tertiary/aromatic N) is 3. The standard InChI is InChI=1S/C28H25N3.Pt/c1-31(2)27-18-22-17-23(19-27)28-11-5-10-26(30-28)15-14-25-9-4-8-24(29-25)13-12-20-6-3-7-21(22)16-20;/h3-11,18-19H,12-15H2,1-2H3;/q-2;+2. The summed E-state index contributed by atoms with van der Waals surface area (Å²) in [6.07, 6.45) is 3.59. The number of aryl methyl sites for hydroxylation is 4. The van der Waals surface area contributed by atoms with Crippen LogP contribution in [0.5, 0.6) is 0 Å². The van der Waals surface area contributed by atoms with Crippen molar-refractivity contribution in [1.82, 2.24) is 9.97 Å². The fraction of sp³-hybridized carbons (Fsp3) is 0.214. The number of fused-ring (bicyclic) bond motifs is 10. The first-order valence-electron chi connectivity index (χ1n) is 10.8. The zero-order valence-electron chi connectivity index (χ0n) is 18.3. The van der Waals surface area contributed by atoms with Gasteiger partial charge in [0.1, 0.15) is 0 Å². The molecule has 1 aliphatic rings. The third-order valence-electron chi connectivity index (χ3n) is 5.75. The fourth-order valence-electron chi connectivity index (χ4n) is 4.01. The molecule has 0 saturated heterocycles. The van der Waals surface area contributed by atoms with Gasteiger partial charge in [0, 0.05) is 36.9 Å². The Hall–Kier alpha value is -2.77. The van der Waals surface area contributed by atoms with Gasteiger partial charge < -0.3 is 4.90 Å². The summed E-state index contributed by atoms with van der Waals surface area (Å²) in [6.45, 7) is 0. The average Bonchev–Trinajstić information content (AvgIpc) is 2.81. The Morgan fingerprint density at radius 3 is 2.03 bits per heavy atom. The van der Waals surface area contributed by atoms with Gasteiger partial charge in [-0.15, -0.1) is 29.3 Å². The Kier molecular flexibility index (Phi) is 6.86. The van der Waals surface area contributed by atoms with Gasteiger partial charge in [-0.1, -0.05) is 18.2 Å². The quantitative estimate of drug-likeness (QED) is 0.277. The van der Waals surface area contributed by atoms with E-state index in [0.29, 0.717) is 0 Å². The number of pyridine rings is 2. The van der Waals surface area contributed by atoms with Crippen molar-refractivity contribution in [2.75, 3.05) is 19.0 Å². The van der Waals surface area contributed by atoms with Gasteiger partial charge in [-0.05, 0) is 49.6 Å². The van der Waals surface area contributed by atoms with Gasteiger partial charge in [-0.3, -0.25) is 9.97 Å². The first kappa shape index (κ1) is 22.4. The maximum absolute atomic E-state index is 4.96. The summed E-state index contributed by atoms with van der Waals surface area (Å²) in [5.41, 5.74) is 9.73. The zero-order valence-corrected chi connectivity index (χ0v) is 20.6. The van der Waals surface area contributed by atoms with E-state index in [2.05, 4.69) is 97.9 Å². The molecular formula is C28H25N3Pt. The smallest absolute Gasteiger partial charge is 0.391 e. The van der Waals surface area contributed by atoms with Crippen LogP contribution in [0.15, 0.2) is 66.7 Å². The van der Waals surface area contributed by atoms with E-state index in [-0.39, 0.29) is 21.1 Å². The Morgan fingerprint density at radius 1 is 0.656 bits per heavy atom. The minimum Gasteiger partial charge on any atom is -0.391 e. The third kappa shape index (κ3) is 5.00. The summed E-state index contributed by atoms with van der Waals surface area (Å²) < 4.78 is 0. The van der Waals surface area contributed by atoms with E-state index in [9.17, 15) is 0 Å². The Labute approximate surface area is 204 Å². The molecule has 0 spiro atoms. The van der Waals surface area contributed by atoms with Crippen LogP contribution in [-0.4, -0.2) is 24.1 Å². The van der Waals surface area contributed by atoms with E-state index >= 15 is 0 Å². The second-order valence-corrected chi connectivity index (χ2v) is 8.28. The van der Waals surface area contributed by atoms with Crippen molar-refractivity contribution in [1.29, 1.82) is 0 Å². The SMILES string of the molecule is CN(C)c1cc2[c-]c(c1)-c1cccc(n1)CCc1cccc(n1)CCc1[c-]c-2ccc1.[Pt+2]. The summed E-state index contributed by atoms with van der Waals surface area (Å²) in [4.78, 5) is 12.0. The van der Waals surface area contributed by atoms with Gasteiger partial charge in [0.2, 0.25) is 0 Å². The topological polar surface area (TPSA) is 29.0 Å². The summed E-state index contributed by atoms with van der Waals surface area (Å²) in [6, 6.07) is 30.6. The van der Waals surface area contributed by atoms with Crippen LogP contribution in [-0.2, 0) is 46.7 Å². The first-order valence-corrected chi connectivity index (χ1v) is 10.8. The molecule has 0 aliphatic carbocycles. The Balaban J connectivity index is 0.00000245. The van der Waals surface area contributed by atoms with E-state index in [0.717, 1.165) is 70.8 Å². The fourth-order valence-corrected chi connectivity index (χ4v) is 4.01. The first-order chi connectivity index (χ1) is 15.1. The summed E-state index contributed by atoms with van der Waals surface area (Å²) in [5.74, 6) is 0. The average molecular weight is 599 g/mol. The van der Waals surface area contributed by atoms with E-state index in [1.54, 1.807) is 0 Å². The molecule has 32 heavy (non-hydrogen) atoms. The summed E-state index contributed by atoms with van der Waals surface area (Å²) in [7, 11) is 4.14. The molecule has 2 aromatic carbocycles. The molecule has 0 amide bonds. The van der Waals surface area contributed by atoms with Crippen molar-refractivity contribution in [2.45, 2.75) is 25.7 Å². The van der Waals surface area contributed by atoms with Crippen molar-refractivity contribution in [3.63, 3.8) is 0 Å². The minimum absolute atomic E-state index is 0. The number of benzene rings is 2. The van der Waals surface area contributed by atoms with Crippen LogP contribution in [0.25, 0.3) is 22.4 Å². The maximum Gasteiger partial charge on any atom is 2.00 e. The Bertz CT molecular complexity index is 1150. The van der Waals surface area contributed by atoms with Gasteiger partial charge in [0.25, 0.3) is 0 Å². The van der Waals surface area contributed by atoms with Crippen molar-refractivity contribution in [2.24, 2.45) is 0 Å². The molecule has 5 rings (SSSR count). The number of hydrogen-bond acceptors (Lipinski definition) is 3. The molecule has 4 aromatic rings. The monoisotopic (exact) mass is 598 g/mol. The van der Waals surface area contributed by atoms with Crippen LogP contribution in [0, 0.1) is 12.1 Å². The van der Waals surface area contributed by atoms with Crippen LogP contribution in [0.2, 0.25) is 0 Å². The number of rotatable bonds is 1. The van der Waals surface area contributed by atoms with E-state index < -0.39 is 0 Å². The molecule has 0 atom stereocenters.